The van der Waals surface area contributed by atoms with E-state index in [0.717, 1.165) is 95.7 Å². The SMILES string of the molecule is c1ccc(-c2cc(-c3ccc(-n4c5ccccc5c5cc6sc7ccccc7c6cc54)cc3)nc(-c3ccccc3)n2)cc1.c1ccc(-c2cc(-c3ccccc3)nc(-c3ccc(-n4c5ccccc5c5cc6sc7ccccc7c6cc54)cc3)n2)cc1.c1ccc(-c2nc(-c3ccccc3)nc(-c3ccc(-n4c5ccccc5c5cc6sc7ccccc7c6cc54)cc3)n2)cc1. The Hall–Kier alpha value is -16.8. The number of hydrogen-bond donors (Lipinski definition) is 0. The van der Waals surface area contributed by atoms with E-state index in [1.54, 1.807) is 0 Å². The van der Waals surface area contributed by atoms with Crippen molar-refractivity contribution in [3.05, 3.63) is 449 Å². The maximum absolute atomic E-state index is 5.03. The lowest BCUT2D eigenvalue weighted by Gasteiger charge is -2.11. The molecule has 0 unspecified atom stereocenters. The fraction of sp³-hybridized carbons (Fsp3) is 0. The maximum atomic E-state index is 5.03. The molecular formula is C119H74N10S3. The maximum Gasteiger partial charge on any atom is 0.164 e. The summed E-state index contributed by atoms with van der Waals surface area (Å²) in [6.45, 7) is 0. The minimum atomic E-state index is 0.651. The standard InChI is InChI=1S/2C40H25N3S.C39H24N4S/c1-3-11-26(12-4-1)34-25-35(42-40(41-34)28-13-5-2-6-14-28)27-19-21-29(22-20-27)43-36-17-9-7-15-30(36)32-24-39-33(23-37(32)43)31-16-8-10-18-38(31)44-39;1-3-11-26(12-4-1)34-25-35(27-13-5-2-6-14-27)42-40(41-34)28-19-21-29(22-20-28)43-36-17-9-7-15-30(36)32-24-39-33(23-37(32)43)31-16-8-10-18-38(31)44-39;1-3-11-25(12-4-1)37-40-38(26-13-5-2-6-14-26)42-39(41-37)27-19-21-28(22-20-27)43-33-17-9-7-15-29(33)31-24-36-32(23-34(31)43)30-16-8-10-18-35(30)44-36/h2*1-25H;1-24H. The van der Waals surface area contributed by atoms with E-state index in [1.807, 2.05) is 167 Å². The Morgan fingerprint density at radius 3 is 0.629 bits per heavy atom. The van der Waals surface area contributed by atoms with Crippen LogP contribution in [0.3, 0.4) is 0 Å². The normalized spacial score (nSPS) is 11.6. The molecule has 9 aromatic heterocycles. The second-order valence-corrected chi connectivity index (χ2v) is 36.3. The van der Waals surface area contributed by atoms with Crippen molar-refractivity contribution in [1.29, 1.82) is 0 Å². The zero-order valence-electron chi connectivity index (χ0n) is 70.9. The molecule has 0 aliphatic rings. The quantitative estimate of drug-likeness (QED) is 0.120. The molecule has 0 bridgehead atoms. The third kappa shape index (κ3) is 14.0. The number of fused-ring (bicyclic) bond motifs is 18. The fourth-order valence-corrected chi connectivity index (χ4v) is 22.2. The van der Waals surface area contributed by atoms with Gasteiger partial charge in [-0.3, -0.25) is 0 Å². The van der Waals surface area contributed by atoms with Crippen molar-refractivity contribution in [3.63, 3.8) is 0 Å². The first kappa shape index (κ1) is 77.5. The minimum absolute atomic E-state index is 0.651. The van der Waals surface area contributed by atoms with E-state index in [2.05, 4.69) is 329 Å². The molecule has 132 heavy (non-hydrogen) atoms. The minimum Gasteiger partial charge on any atom is -0.309 e. The van der Waals surface area contributed by atoms with Crippen LogP contribution in [0.15, 0.2) is 449 Å². The topological polar surface area (TPSA) is 105 Å². The van der Waals surface area contributed by atoms with Crippen molar-refractivity contribution in [2.45, 2.75) is 0 Å². The molecule has 27 aromatic rings. The summed E-state index contributed by atoms with van der Waals surface area (Å²) in [6.07, 6.45) is 0. The lowest BCUT2D eigenvalue weighted by molar-refractivity contribution is 1.07. The van der Waals surface area contributed by atoms with E-state index in [-0.39, 0.29) is 0 Å². The lowest BCUT2D eigenvalue weighted by Crippen LogP contribution is -2.00. The number of thiophene rings is 3. The lowest BCUT2D eigenvalue weighted by atomic mass is 10.1. The second kappa shape index (κ2) is 32.8. The van der Waals surface area contributed by atoms with Crippen LogP contribution in [0.25, 0.3) is 245 Å². The molecule has 0 spiro atoms. The van der Waals surface area contributed by atoms with Gasteiger partial charge >= 0.3 is 0 Å². The molecule has 9 heterocycles. The molecule has 0 aliphatic carbocycles. The summed E-state index contributed by atoms with van der Waals surface area (Å²) >= 11 is 5.59. The Morgan fingerprint density at radius 1 is 0.136 bits per heavy atom. The van der Waals surface area contributed by atoms with E-state index >= 15 is 0 Å². The Balaban J connectivity index is 0.000000106. The van der Waals surface area contributed by atoms with E-state index in [4.69, 9.17) is 34.9 Å². The zero-order chi connectivity index (χ0) is 87.1. The summed E-state index contributed by atoms with van der Waals surface area (Å²) in [4.78, 5) is 34.7. The summed E-state index contributed by atoms with van der Waals surface area (Å²) < 4.78 is 15.1. The van der Waals surface area contributed by atoms with Crippen molar-refractivity contribution in [2.24, 2.45) is 0 Å². The molecule has 18 aromatic carbocycles. The van der Waals surface area contributed by atoms with Crippen LogP contribution in [-0.4, -0.2) is 48.6 Å². The average Bonchev–Trinajstić information content (AvgIpc) is 1.51. The van der Waals surface area contributed by atoms with E-state index in [1.165, 1.54) is 126 Å². The highest BCUT2D eigenvalue weighted by Crippen LogP contribution is 2.46. The fourth-order valence-electron chi connectivity index (χ4n) is 18.8. The van der Waals surface area contributed by atoms with Crippen molar-refractivity contribution >= 4 is 160 Å². The number of para-hydroxylation sites is 3. The average molecular weight is 1740 g/mol. The monoisotopic (exact) mass is 1740 g/mol. The van der Waals surface area contributed by atoms with Crippen molar-refractivity contribution in [3.8, 4) is 119 Å². The Bertz CT molecular complexity index is 8090. The van der Waals surface area contributed by atoms with Crippen LogP contribution < -0.4 is 0 Å². The molecule has 0 radical (unpaired) electrons. The molecule has 0 saturated carbocycles. The van der Waals surface area contributed by atoms with Gasteiger partial charge in [-0.2, -0.15) is 0 Å². The number of hydrogen-bond acceptors (Lipinski definition) is 10. The van der Waals surface area contributed by atoms with Crippen LogP contribution >= 0.6 is 34.0 Å². The van der Waals surface area contributed by atoms with Gasteiger partial charge in [0.25, 0.3) is 0 Å². The summed E-state index contributed by atoms with van der Waals surface area (Å²) in [6, 6.07) is 158. The van der Waals surface area contributed by atoms with E-state index < -0.39 is 0 Å². The van der Waals surface area contributed by atoms with Gasteiger partial charge in [0.2, 0.25) is 0 Å². The van der Waals surface area contributed by atoms with Gasteiger partial charge in [0.15, 0.2) is 29.1 Å². The van der Waals surface area contributed by atoms with Gasteiger partial charge in [-0.15, -0.1) is 34.0 Å². The molecule has 618 valence electrons. The van der Waals surface area contributed by atoms with E-state index in [0.29, 0.717) is 23.3 Å². The first-order chi connectivity index (χ1) is 65.4. The molecule has 0 amide bonds. The highest BCUT2D eigenvalue weighted by atomic mass is 32.1. The third-order valence-electron chi connectivity index (χ3n) is 25.1. The molecule has 10 nitrogen and oxygen atoms in total. The number of aromatic nitrogens is 10. The molecule has 0 saturated heterocycles. The van der Waals surface area contributed by atoms with Crippen molar-refractivity contribution in [1.82, 2.24) is 48.6 Å². The summed E-state index contributed by atoms with van der Waals surface area (Å²) in [5.74, 6) is 3.41. The predicted octanol–water partition coefficient (Wildman–Crippen LogP) is 32.2. The number of nitrogens with zero attached hydrogens (tertiary/aromatic N) is 10. The molecule has 27 rings (SSSR count). The van der Waals surface area contributed by atoms with Gasteiger partial charge in [0, 0.05) is 160 Å². The van der Waals surface area contributed by atoms with Crippen molar-refractivity contribution in [2.75, 3.05) is 0 Å². The van der Waals surface area contributed by atoms with Gasteiger partial charge in [0.1, 0.15) is 0 Å². The predicted molar refractivity (Wildman–Crippen MR) is 554 cm³/mol. The van der Waals surface area contributed by atoms with Gasteiger partial charge in [-0.25, -0.2) is 34.9 Å². The van der Waals surface area contributed by atoms with Gasteiger partial charge in [-0.05, 0) is 146 Å². The number of benzene rings is 18. The van der Waals surface area contributed by atoms with Crippen LogP contribution in [0.5, 0.6) is 0 Å². The first-order valence-electron chi connectivity index (χ1n) is 44.1. The van der Waals surface area contributed by atoms with Crippen LogP contribution in [-0.2, 0) is 0 Å². The molecule has 0 atom stereocenters. The molecule has 0 aliphatic heterocycles. The molecule has 0 N–H and O–H groups in total. The Labute approximate surface area is 770 Å². The van der Waals surface area contributed by atoms with Crippen molar-refractivity contribution < 1.29 is 0 Å². The van der Waals surface area contributed by atoms with Gasteiger partial charge < -0.3 is 13.7 Å². The van der Waals surface area contributed by atoms with Crippen LogP contribution in [0.4, 0.5) is 0 Å². The van der Waals surface area contributed by atoms with Crippen LogP contribution in [0.2, 0.25) is 0 Å². The Kier molecular flexibility index (Phi) is 19.3. The molecular weight excluding hydrogens is 1670 g/mol. The summed E-state index contributed by atoms with van der Waals surface area (Å²) in [5.41, 5.74) is 23.3. The summed E-state index contributed by atoms with van der Waals surface area (Å²) in [7, 11) is 0. The van der Waals surface area contributed by atoms with Gasteiger partial charge in [-0.1, -0.05) is 303 Å². The van der Waals surface area contributed by atoms with Gasteiger partial charge in [0.05, 0.1) is 55.9 Å². The van der Waals surface area contributed by atoms with Crippen LogP contribution in [0.1, 0.15) is 0 Å². The molecule has 0 fully saturated rings. The first-order valence-corrected chi connectivity index (χ1v) is 46.6. The summed E-state index contributed by atoms with van der Waals surface area (Å²) in [5, 5.41) is 15.4. The second-order valence-electron chi connectivity index (χ2n) is 33.0. The zero-order valence-corrected chi connectivity index (χ0v) is 73.4. The number of rotatable bonds is 12. The van der Waals surface area contributed by atoms with Crippen LogP contribution in [0, 0.1) is 0 Å². The molecule has 13 heteroatoms. The third-order valence-corrected chi connectivity index (χ3v) is 28.5. The highest BCUT2D eigenvalue weighted by Gasteiger charge is 2.23. The largest absolute Gasteiger partial charge is 0.309 e. The smallest absolute Gasteiger partial charge is 0.164 e. The Morgan fingerprint density at radius 2 is 0.348 bits per heavy atom. The highest BCUT2D eigenvalue weighted by molar-refractivity contribution is 7.26. The van der Waals surface area contributed by atoms with E-state index in [9.17, 15) is 0 Å².